The first-order valence-electron chi connectivity index (χ1n) is 6.70. The number of carbonyl (C=O) groups excluding carboxylic acids is 2. The molecular weight excluding hydrogens is 308 g/mol. The van der Waals surface area contributed by atoms with E-state index in [4.69, 9.17) is 14.6 Å². The largest absolute Gasteiger partial charge is 0.513 e. The molecule has 0 spiro atoms. The van der Waals surface area contributed by atoms with Crippen LogP contribution in [-0.4, -0.2) is 36.6 Å². The topological polar surface area (TPSA) is 108 Å². The Morgan fingerprint density at radius 2 is 1.57 bits per heavy atom. The fraction of sp³-hybridized carbons (Fsp3) is 0.267. The van der Waals surface area contributed by atoms with Gasteiger partial charge in [-0.25, -0.2) is 14.4 Å². The van der Waals surface area contributed by atoms with E-state index in [0.29, 0.717) is 5.56 Å². The van der Waals surface area contributed by atoms with Crippen molar-refractivity contribution >= 4 is 24.4 Å². The highest BCUT2D eigenvalue weighted by atomic mass is 16.7. The quantitative estimate of drug-likeness (QED) is 0.483. The normalized spacial score (nSPS) is 10.2. The van der Waals surface area contributed by atoms with Gasteiger partial charge in [-0.1, -0.05) is 6.07 Å². The number of carboxylic acid groups (broad SMARTS) is 1. The molecule has 1 rings (SSSR count). The van der Waals surface area contributed by atoms with Crippen molar-refractivity contribution in [3.63, 3.8) is 0 Å². The van der Waals surface area contributed by atoms with Gasteiger partial charge in [-0.3, -0.25) is 0 Å². The summed E-state index contributed by atoms with van der Waals surface area (Å²) in [6.45, 7) is 3.43. The Labute approximate surface area is 132 Å². The minimum Gasteiger partial charge on any atom is -0.478 e. The van der Waals surface area contributed by atoms with E-state index in [1.807, 2.05) is 0 Å². The van der Waals surface area contributed by atoms with E-state index in [2.05, 4.69) is 9.47 Å². The molecule has 0 aromatic heterocycles. The molecule has 0 amide bonds. The smallest absolute Gasteiger partial charge is 0.478 e. The predicted octanol–water partition coefficient (Wildman–Crippen LogP) is 2.86. The van der Waals surface area contributed by atoms with E-state index in [0.717, 1.165) is 6.08 Å². The van der Waals surface area contributed by atoms with Gasteiger partial charge in [0, 0.05) is 6.08 Å². The van der Waals surface area contributed by atoms with Gasteiger partial charge >= 0.3 is 18.3 Å². The lowest BCUT2D eigenvalue weighted by molar-refractivity contribution is -0.131. The van der Waals surface area contributed by atoms with Gasteiger partial charge in [-0.15, -0.1) is 0 Å². The molecule has 0 aliphatic carbocycles. The molecule has 0 fully saturated rings. The third-order valence-electron chi connectivity index (χ3n) is 2.30. The summed E-state index contributed by atoms with van der Waals surface area (Å²) < 4.78 is 19.1. The Bertz CT molecular complexity index is 605. The summed E-state index contributed by atoms with van der Waals surface area (Å²) >= 11 is 0. The Morgan fingerprint density at radius 3 is 2.09 bits per heavy atom. The number of rotatable bonds is 6. The maximum Gasteiger partial charge on any atom is 0.513 e. The second-order valence-corrected chi connectivity index (χ2v) is 3.95. The van der Waals surface area contributed by atoms with Crippen molar-refractivity contribution in [1.29, 1.82) is 0 Å². The number of carboxylic acids is 1. The zero-order chi connectivity index (χ0) is 17.2. The lowest BCUT2D eigenvalue weighted by Gasteiger charge is -2.10. The molecule has 0 aliphatic rings. The maximum atomic E-state index is 11.4. The molecule has 0 saturated heterocycles. The second kappa shape index (κ2) is 9.08. The SMILES string of the molecule is CCOC(=O)Oc1ccc(C=CC(=O)O)cc1OC(=O)OCC. The summed E-state index contributed by atoms with van der Waals surface area (Å²) in [4.78, 5) is 33.3. The van der Waals surface area contributed by atoms with Gasteiger partial charge in [0.25, 0.3) is 0 Å². The second-order valence-electron chi connectivity index (χ2n) is 3.95. The van der Waals surface area contributed by atoms with Gasteiger partial charge < -0.3 is 24.1 Å². The summed E-state index contributed by atoms with van der Waals surface area (Å²) in [6.07, 6.45) is 0.250. The van der Waals surface area contributed by atoms with Crippen LogP contribution in [0.5, 0.6) is 11.5 Å². The van der Waals surface area contributed by atoms with Gasteiger partial charge in [-0.05, 0) is 37.6 Å². The van der Waals surface area contributed by atoms with Gasteiger partial charge in [0.05, 0.1) is 13.2 Å². The Kier molecular flexibility index (Phi) is 7.12. The molecule has 0 radical (unpaired) electrons. The van der Waals surface area contributed by atoms with Crippen molar-refractivity contribution in [2.24, 2.45) is 0 Å². The molecular formula is C15H16O8. The summed E-state index contributed by atoms with van der Waals surface area (Å²) in [5.74, 6) is -1.31. The van der Waals surface area contributed by atoms with Crippen LogP contribution >= 0.6 is 0 Å². The van der Waals surface area contributed by atoms with E-state index in [9.17, 15) is 14.4 Å². The average molecular weight is 324 g/mol. The van der Waals surface area contributed by atoms with E-state index in [1.165, 1.54) is 24.3 Å². The van der Waals surface area contributed by atoms with Gasteiger partial charge in [0.15, 0.2) is 11.5 Å². The van der Waals surface area contributed by atoms with Gasteiger partial charge in [-0.2, -0.15) is 0 Å². The van der Waals surface area contributed by atoms with Crippen molar-refractivity contribution in [2.75, 3.05) is 13.2 Å². The molecule has 23 heavy (non-hydrogen) atoms. The van der Waals surface area contributed by atoms with E-state index < -0.39 is 18.3 Å². The van der Waals surface area contributed by atoms with Crippen molar-refractivity contribution < 1.29 is 38.4 Å². The summed E-state index contributed by atoms with van der Waals surface area (Å²) in [5.41, 5.74) is 0.419. The van der Waals surface area contributed by atoms with E-state index in [-0.39, 0.29) is 24.7 Å². The Morgan fingerprint density at radius 1 is 1.00 bits per heavy atom. The molecule has 0 heterocycles. The van der Waals surface area contributed by atoms with Crippen molar-refractivity contribution in [3.8, 4) is 11.5 Å². The lowest BCUT2D eigenvalue weighted by Crippen LogP contribution is -2.14. The monoisotopic (exact) mass is 324 g/mol. The number of benzene rings is 1. The Balaban J connectivity index is 3.04. The molecule has 0 saturated carbocycles. The first kappa shape index (κ1) is 18.0. The summed E-state index contributed by atoms with van der Waals surface area (Å²) in [5, 5.41) is 8.61. The van der Waals surface area contributed by atoms with Crippen molar-refractivity contribution in [2.45, 2.75) is 13.8 Å². The molecule has 0 unspecified atom stereocenters. The first-order valence-corrected chi connectivity index (χ1v) is 6.70. The van der Waals surface area contributed by atoms with Gasteiger partial charge in [0.1, 0.15) is 0 Å². The minimum atomic E-state index is -1.13. The van der Waals surface area contributed by atoms with Crippen LogP contribution in [0.1, 0.15) is 19.4 Å². The fourth-order valence-corrected chi connectivity index (χ4v) is 1.43. The molecule has 1 aromatic carbocycles. The van der Waals surface area contributed by atoms with Gasteiger partial charge in [0.2, 0.25) is 0 Å². The highest BCUT2D eigenvalue weighted by Crippen LogP contribution is 2.29. The van der Waals surface area contributed by atoms with Crippen LogP contribution in [0.15, 0.2) is 24.3 Å². The van der Waals surface area contributed by atoms with E-state index in [1.54, 1.807) is 13.8 Å². The number of carbonyl (C=O) groups is 3. The predicted molar refractivity (Wildman–Crippen MR) is 78.4 cm³/mol. The van der Waals surface area contributed by atoms with Crippen LogP contribution in [0.25, 0.3) is 6.08 Å². The third-order valence-corrected chi connectivity index (χ3v) is 2.30. The molecule has 8 heteroatoms. The van der Waals surface area contributed by atoms with Crippen LogP contribution < -0.4 is 9.47 Å². The number of hydrogen-bond donors (Lipinski definition) is 1. The molecule has 1 aromatic rings. The fourth-order valence-electron chi connectivity index (χ4n) is 1.43. The van der Waals surface area contributed by atoms with Crippen LogP contribution in [-0.2, 0) is 14.3 Å². The number of aliphatic carboxylic acids is 1. The van der Waals surface area contributed by atoms with Crippen LogP contribution in [0.2, 0.25) is 0 Å². The standard InChI is InChI=1S/C15H16O8/c1-3-20-14(18)22-11-7-5-10(6-8-13(16)17)9-12(11)23-15(19)21-4-2/h5-9H,3-4H2,1-2H3,(H,16,17). The molecule has 0 atom stereocenters. The molecule has 0 aliphatic heterocycles. The molecule has 124 valence electrons. The zero-order valence-electron chi connectivity index (χ0n) is 12.6. The van der Waals surface area contributed by atoms with Crippen LogP contribution in [0, 0.1) is 0 Å². The highest BCUT2D eigenvalue weighted by molar-refractivity contribution is 5.85. The maximum absolute atomic E-state index is 11.4. The average Bonchev–Trinajstić information content (AvgIpc) is 2.48. The van der Waals surface area contributed by atoms with Crippen molar-refractivity contribution in [3.05, 3.63) is 29.8 Å². The molecule has 0 bridgehead atoms. The summed E-state index contributed by atoms with van der Waals surface area (Å²) in [6, 6.07) is 4.14. The zero-order valence-corrected chi connectivity index (χ0v) is 12.6. The van der Waals surface area contributed by atoms with Crippen LogP contribution in [0.3, 0.4) is 0 Å². The third kappa shape index (κ3) is 6.51. The van der Waals surface area contributed by atoms with Crippen molar-refractivity contribution in [1.82, 2.24) is 0 Å². The van der Waals surface area contributed by atoms with Crippen LogP contribution in [0.4, 0.5) is 9.59 Å². The van der Waals surface area contributed by atoms with E-state index >= 15 is 0 Å². The first-order chi connectivity index (χ1) is 11.0. The Hall–Kier alpha value is -3.03. The molecule has 1 N–H and O–H groups in total. The minimum absolute atomic E-state index is 0.0658. The number of ether oxygens (including phenoxy) is 4. The number of hydrogen-bond acceptors (Lipinski definition) is 7. The highest BCUT2D eigenvalue weighted by Gasteiger charge is 2.15. The summed E-state index contributed by atoms with van der Waals surface area (Å²) in [7, 11) is 0. The lowest BCUT2D eigenvalue weighted by atomic mass is 10.2. The molecule has 8 nitrogen and oxygen atoms in total.